The number of halogens is 2. The second kappa shape index (κ2) is 7.99. The molecule has 0 fully saturated rings. The van der Waals surface area contributed by atoms with Gasteiger partial charge in [0.05, 0.1) is 23.4 Å². The molecule has 0 bridgehead atoms. The van der Waals surface area contributed by atoms with E-state index in [2.05, 4.69) is 21.2 Å². The van der Waals surface area contributed by atoms with E-state index in [0.29, 0.717) is 28.3 Å². The summed E-state index contributed by atoms with van der Waals surface area (Å²) in [5, 5.41) is 3.04. The Labute approximate surface area is 146 Å². The van der Waals surface area contributed by atoms with E-state index in [1.165, 1.54) is 7.11 Å². The number of anilines is 1. The van der Waals surface area contributed by atoms with E-state index in [9.17, 15) is 9.59 Å². The molecule has 1 N–H and O–H groups in total. The molecule has 1 amide bonds. The molecule has 0 saturated carbocycles. The monoisotopic (exact) mass is 397 g/mol. The number of hydrogen-bond donors (Lipinski definition) is 1. The number of hydrogen-bond acceptors (Lipinski definition) is 4. The molecule has 0 atom stereocenters. The highest BCUT2D eigenvalue weighted by molar-refractivity contribution is 9.10. The summed E-state index contributed by atoms with van der Waals surface area (Å²) in [6.45, 7) is -0.284. The number of para-hydroxylation sites is 1. The van der Waals surface area contributed by atoms with Crippen LogP contribution >= 0.6 is 27.5 Å². The van der Waals surface area contributed by atoms with Crippen molar-refractivity contribution in [2.45, 2.75) is 0 Å². The van der Waals surface area contributed by atoms with Crippen molar-refractivity contribution < 1.29 is 19.1 Å². The molecule has 2 rings (SSSR count). The van der Waals surface area contributed by atoms with Crippen LogP contribution in [0.5, 0.6) is 11.5 Å². The van der Waals surface area contributed by atoms with Crippen LogP contribution in [0, 0.1) is 0 Å². The number of carbonyl (C=O) groups excluding carboxylic acids is 2. The normalized spacial score (nSPS) is 10.0. The van der Waals surface area contributed by atoms with Crippen molar-refractivity contribution in [3.63, 3.8) is 0 Å². The highest BCUT2D eigenvalue weighted by atomic mass is 79.9. The number of carbonyl (C=O) groups is 2. The van der Waals surface area contributed by atoms with E-state index >= 15 is 0 Å². The minimum Gasteiger partial charge on any atom is -0.493 e. The Kier molecular flexibility index (Phi) is 6.01. The first-order valence-electron chi connectivity index (χ1n) is 6.55. The lowest BCUT2D eigenvalue weighted by atomic mass is 10.2. The van der Waals surface area contributed by atoms with Crippen molar-refractivity contribution in [1.29, 1.82) is 0 Å². The largest absolute Gasteiger partial charge is 0.493 e. The van der Waals surface area contributed by atoms with Crippen LogP contribution < -0.4 is 14.8 Å². The summed E-state index contributed by atoms with van der Waals surface area (Å²) in [5.41, 5.74) is 0.776. The van der Waals surface area contributed by atoms with Gasteiger partial charge in [-0.25, -0.2) is 0 Å². The molecule has 5 nitrogen and oxygen atoms in total. The maximum atomic E-state index is 12.0. The van der Waals surface area contributed by atoms with Crippen LogP contribution in [0.1, 0.15) is 10.4 Å². The molecule has 0 aliphatic carbocycles. The number of rotatable bonds is 6. The molecule has 23 heavy (non-hydrogen) atoms. The Bertz CT molecular complexity index is 736. The molecule has 7 heteroatoms. The molecular formula is C16H13BrClNO4. The van der Waals surface area contributed by atoms with E-state index in [-0.39, 0.29) is 12.4 Å². The van der Waals surface area contributed by atoms with Crippen LogP contribution in [0.3, 0.4) is 0 Å². The second-order valence-corrected chi connectivity index (χ2v) is 5.78. The molecular weight excluding hydrogens is 386 g/mol. The van der Waals surface area contributed by atoms with E-state index in [4.69, 9.17) is 21.1 Å². The zero-order valence-electron chi connectivity index (χ0n) is 12.1. The van der Waals surface area contributed by atoms with Crippen LogP contribution in [0.4, 0.5) is 5.69 Å². The molecule has 0 spiro atoms. The van der Waals surface area contributed by atoms with E-state index in [1.807, 2.05) is 0 Å². The van der Waals surface area contributed by atoms with Gasteiger partial charge in [-0.05, 0) is 30.3 Å². The van der Waals surface area contributed by atoms with Gasteiger partial charge in [0.1, 0.15) is 0 Å². The van der Waals surface area contributed by atoms with Crippen LogP contribution in [0.15, 0.2) is 40.9 Å². The Hall–Kier alpha value is -2.05. The van der Waals surface area contributed by atoms with Crippen molar-refractivity contribution in [3.05, 3.63) is 51.5 Å². The quantitative estimate of drug-likeness (QED) is 0.749. The van der Waals surface area contributed by atoms with Crippen LogP contribution in [0.2, 0.25) is 5.02 Å². The minimum atomic E-state index is -0.406. The van der Waals surface area contributed by atoms with E-state index in [0.717, 1.165) is 4.47 Å². The second-order valence-electron chi connectivity index (χ2n) is 4.46. The van der Waals surface area contributed by atoms with Crippen molar-refractivity contribution in [2.75, 3.05) is 19.0 Å². The van der Waals surface area contributed by atoms with Gasteiger partial charge in [0, 0.05) is 4.47 Å². The van der Waals surface area contributed by atoms with Gasteiger partial charge >= 0.3 is 0 Å². The van der Waals surface area contributed by atoms with Crippen molar-refractivity contribution >= 4 is 45.4 Å². The minimum absolute atomic E-state index is 0.224. The highest BCUT2D eigenvalue weighted by Gasteiger charge is 2.13. The van der Waals surface area contributed by atoms with Crippen LogP contribution in [-0.4, -0.2) is 25.9 Å². The Morgan fingerprint density at radius 1 is 1.35 bits per heavy atom. The summed E-state index contributed by atoms with van der Waals surface area (Å²) in [7, 11) is 1.46. The third-order valence-corrected chi connectivity index (χ3v) is 3.72. The zero-order chi connectivity index (χ0) is 16.8. The maximum absolute atomic E-state index is 12.0. The molecule has 0 radical (unpaired) electrons. The van der Waals surface area contributed by atoms with Gasteiger partial charge in [0.25, 0.3) is 5.91 Å². The van der Waals surface area contributed by atoms with Crippen LogP contribution in [-0.2, 0) is 4.79 Å². The third-order valence-electron chi connectivity index (χ3n) is 2.91. The average Bonchev–Trinajstić information content (AvgIpc) is 2.55. The first-order valence-corrected chi connectivity index (χ1v) is 7.72. The zero-order valence-corrected chi connectivity index (χ0v) is 14.5. The van der Waals surface area contributed by atoms with Crippen molar-refractivity contribution in [3.8, 4) is 11.5 Å². The fraction of sp³-hybridized carbons (Fsp3) is 0.125. The molecule has 0 saturated heterocycles. The summed E-state index contributed by atoms with van der Waals surface area (Å²) in [6.07, 6.45) is 0.640. The number of ether oxygens (including phenoxy) is 2. The lowest BCUT2D eigenvalue weighted by molar-refractivity contribution is -0.118. The summed E-state index contributed by atoms with van der Waals surface area (Å²) in [4.78, 5) is 23.0. The van der Waals surface area contributed by atoms with Crippen molar-refractivity contribution in [2.24, 2.45) is 0 Å². The predicted octanol–water partition coefficient (Wildman–Crippen LogP) is 3.94. The first-order chi connectivity index (χ1) is 11.0. The summed E-state index contributed by atoms with van der Waals surface area (Å²) < 4.78 is 11.4. The van der Waals surface area contributed by atoms with Gasteiger partial charge in [-0.15, -0.1) is 0 Å². The number of amides is 1. The highest BCUT2D eigenvalue weighted by Crippen LogP contribution is 2.30. The molecule has 0 aliphatic rings. The van der Waals surface area contributed by atoms with E-state index < -0.39 is 5.91 Å². The molecule has 0 heterocycles. The molecule has 2 aromatic carbocycles. The van der Waals surface area contributed by atoms with Gasteiger partial charge < -0.3 is 14.8 Å². The van der Waals surface area contributed by atoms with Crippen molar-refractivity contribution in [1.82, 2.24) is 0 Å². The van der Waals surface area contributed by atoms with Crippen LogP contribution in [0.25, 0.3) is 0 Å². The molecule has 0 unspecified atom stereocenters. The topological polar surface area (TPSA) is 64.6 Å². The smallest absolute Gasteiger partial charge is 0.262 e. The maximum Gasteiger partial charge on any atom is 0.262 e. The molecule has 0 aromatic heterocycles. The lowest BCUT2D eigenvalue weighted by Gasteiger charge is -2.13. The van der Waals surface area contributed by atoms with Gasteiger partial charge in [0.2, 0.25) is 0 Å². The molecule has 2 aromatic rings. The predicted molar refractivity (Wildman–Crippen MR) is 91.7 cm³/mol. The first kappa shape index (κ1) is 17.3. The van der Waals surface area contributed by atoms with Gasteiger partial charge in [-0.3, -0.25) is 9.59 Å². The molecule has 0 aliphatic heterocycles. The summed E-state index contributed by atoms with van der Waals surface area (Å²) >= 11 is 9.32. The van der Waals surface area contributed by atoms with Gasteiger partial charge in [0.15, 0.2) is 24.4 Å². The van der Waals surface area contributed by atoms with E-state index in [1.54, 1.807) is 36.4 Å². The fourth-order valence-electron chi connectivity index (χ4n) is 1.86. The third kappa shape index (κ3) is 4.46. The van der Waals surface area contributed by atoms with Gasteiger partial charge in [-0.2, -0.15) is 0 Å². The summed E-state index contributed by atoms with van der Waals surface area (Å²) in [6, 6.07) is 9.98. The number of nitrogens with one attached hydrogen (secondary N) is 1. The Morgan fingerprint density at radius 3 is 2.78 bits per heavy atom. The van der Waals surface area contributed by atoms with Gasteiger partial charge in [-0.1, -0.05) is 33.6 Å². The number of aldehydes is 1. The Morgan fingerprint density at radius 2 is 2.13 bits per heavy atom. The fourth-order valence-corrected chi connectivity index (χ4v) is 2.58. The molecule has 120 valence electrons. The lowest BCUT2D eigenvalue weighted by Crippen LogP contribution is -2.21. The number of methoxy groups -OCH3 is 1. The average molecular weight is 399 g/mol. The standard InChI is InChI=1S/C16H13BrClNO4/c1-22-14-4-2-3-10(8-20)16(14)23-9-15(21)19-13-6-5-11(17)7-12(13)18/h2-8H,9H2,1H3,(H,19,21). The Balaban J connectivity index is 2.06. The number of benzene rings is 2. The SMILES string of the molecule is COc1cccc(C=O)c1OCC(=O)Nc1ccc(Br)cc1Cl. The summed E-state index contributed by atoms with van der Waals surface area (Å²) in [5.74, 6) is 0.197.